The zero-order valence-corrected chi connectivity index (χ0v) is 21.7. The van der Waals surface area contributed by atoms with Gasteiger partial charge in [0.2, 0.25) is 15.9 Å². The van der Waals surface area contributed by atoms with Gasteiger partial charge in [-0.15, -0.1) is 0 Å². The van der Waals surface area contributed by atoms with Crippen LogP contribution in [0.4, 0.5) is 9.52 Å². The number of methoxy groups -OCH3 is 1. The van der Waals surface area contributed by atoms with E-state index in [-0.39, 0.29) is 36.4 Å². The van der Waals surface area contributed by atoms with Gasteiger partial charge in [-0.1, -0.05) is 17.4 Å². The number of ether oxygens (including phenoxy) is 1. The van der Waals surface area contributed by atoms with E-state index in [9.17, 15) is 17.6 Å². The van der Waals surface area contributed by atoms with E-state index in [0.717, 1.165) is 28.0 Å². The maximum Gasteiger partial charge on any atom is 0.243 e. The molecule has 0 atom stereocenters. The smallest absolute Gasteiger partial charge is 0.243 e. The minimum absolute atomic E-state index is 0.0420. The first-order chi connectivity index (χ1) is 17.8. The molecule has 4 aromatic rings. The Balaban J connectivity index is 1.37. The molecule has 1 aliphatic heterocycles. The third kappa shape index (κ3) is 5.34. The molecule has 0 bridgehead atoms. The Hall–Kier alpha value is -3.41. The number of hydrogen-bond donors (Lipinski definition) is 0. The van der Waals surface area contributed by atoms with Gasteiger partial charge in [0.25, 0.3) is 0 Å². The Morgan fingerprint density at radius 1 is 1.14 bits per heavy atom. The number of halogens is 1. The number of anilines is 1. The van der Waals surface area contributed by atoms with Crippen LogP contribution < -0.4 is 9.64 Å². The van der Waals surface area contributed by atoms with E-state index in [4.69, 9.17) is 9.72 Å². The number of amides is 1. The summed E-state index contributed by atoms with van der Waals surface area (Å²) in [6.07, 6.45) is 2.42. The highest BCUT2D eigenvalue weighted by Crippen LogP contribution is 2.34. The van der Waals surface area contributed by atoms with Crippen LogP contribution in [0.5, 0.6) is 5.75 Å². The molecule has 0 aliphatic carbocycles. The molecular weight excluding hydrogens is 515 g/mol. The van der Waals surface area contributed by atoms with E-state index in [2.05, 4.69) is 4.98 Å². The molecule has 2 aromatic heterocycles. The molecule has 1 fully saturated rings. The monoisotopic (exact) mass is 540 g/mol. The van der Waals surface area contributed by atoms with Crippen molar-refractivity contribution >= 4 is 42.6 Å². The van der Waals surface area contributed by atoms with Crippen molar-refractivity contribution in [2.75, 3.05) is 25.1 Å². The Morgan fingerprint density at radius 2 is 1.89 bits per heavy atom. The molecule has 1 amide bonds. The van der Waals surface area contributed by atoms with Gasteiger partial charge in [-0.2, -0.15) is 4.31 Å². The van der Waals surface area contributed by atoms with Crippen LogP contribution in [-0.2, 0) is 21.4 Å². The number of hydrogen-bond acceptors (Lipinski definition) is 7. The van der Waals surface area contributed by atoms with E-state index >= 15 is 0 Å². The molecule has 8 nitrogen and oxygen atoms in total. The highest BCUT2D eigenvalue weighted by atomic mass is 32.2. The lowest BCUT2D eigenvalue weighted by Gasteiger charge is -2.33. The summed E-state index contributed by atoms with van der Waals surface area (Å²) in [6, 6.07) is 15.9. The van der Waals surface area contributed by atoms with Crippen LogP contribution in [0, 0.1) is 11.7 Å². The number of aromatic nitrogens is 2. The molecular formula is C26H25FN4O4S2. The van der Waals surface area contributed by atoms with Gasteiger partial charge in [-0.05, 0) is 67.4 Å². The third-order valence-corrected chi connectivity index (χ3v) is 9.34. The van der Waals surface area contributed by atoms with E-state index in [1.165, 1.54) is 27.8 Å². The second-order valence-electron chi connectivity index (χ2n) is 8.71. The summed E-state index contributed by atoms with van der Waals surface area (Å²) < 4.78 is 46.9. The quantitative estimate of drug-likeness (QED) is 0.343. The third-order valence-electron chi connectivity index (χ3n) is 6.38. The number of benzene rings is 2. The summed E-state index contributed by atoms with van der Waals surface area (Å²) in [7, 11) is -2.16. The van der Waals surface area contributed by atoms with E-state index < -0.39 is 15.8 Å². The lowest BCUT2D eigenvalue weighted by atomic mass is 9.96. The highest BCUT2D eigenvalue weighted by Gasteiger charge is 2.35. The van der Waals surface area contributed by atoms with Gasteiger partial charge in [-0.25, -0.2) is 17.8 Å². The first-order valence-corrected chi connectivity index (χ1v) is 14.0. The van der Waals surface area contributed by atoms with Crippen LogP contribution in [0.15, 0.2) is 71.8 Å². The Labute approximate surface area is 218 Å². The van der Waals surface area contributed by atoms with Crippen LogP contribution >= 0.6 is 11.3 Å². The standard InChI is InChI=1S/C26H25FN4O4S2/c1-35-21-7-10-23-24(16-21)36-26(29-23)31(17-20-4-2-3-13-28-20)25(32)18-11-14-30(15-12-18)37(33,34)22-8-5-19(27)6-9-22/h2-10,13,16,18H,11-12,14-15,17H2,1H3. The maximum atomic E-state index is 13.8. The van der Waals surface area contributed by atoms with Gasteiger partial charge in [0, 0.05) is 25.2 Å². The van der Waals surface area contributed by atoms with Crippen molar-refractivity contribution in [1.82, 2.24) is 14.3 Å². The average molecular weight is 541 g/mol. The van der Waals surface area contributed by atoms with Gasteiger partial charge in [0.15, 0.2) is 5.13 Å². The topological polar surface area (TPSA) is 92.7 Å². The van der Waals surface area contributed by atoms with Crippen molar-refractivity contribution < 1.29 is 22.3 Å². The van der Waals surface area contributed by atoms with Crippen LogP contribution in [0.2, 0.25) is 0 Å². The summed E-state index contributed by atoms with van der Waals surface area (Å²) in [6.45, 7) is 0.653. The molecule has 0 saturated carbocycles. The zero-order valence-electron chi connectivity index (χ0n) is 20.1. The summed E-state index contributed by atoms with van der Waals surface area (Å²) in [4.78, 5) is 24.6. The second-order valence-corrected chi connectivity index (χ2v) is 11.7. The van der Waals surface area contributed by atoms with Crippen molar-refractivity contribution in [2.24, 2.45) is 5.92 Å². The van der Waals surface area contributed by atoms with Gasteiger partial charge in [0.05, 0.1) is 34.5 Å². The van der Waals surface area contributed by atoms with Crippen LogP contribution in [0.25, 0.3) is 10.2 Å². The highest BCUT2D eigenvalue weighted by molar-refractivity contribution is 7.89. The number of rotatable bonds is 7. The lowest BCUT2D eigenvalue weighted by molar-refractivity contribution is -0.123. The summed E-state index contributed by atoms with van der Waals surface area (Å²) in [5.74, 6) is -0.273. The summed E-state index contributed by atoms with van der Waals surface area (Å²) in [5.41, 5.74) is 1.49. The predicted octanol–water partition coefficient (Wildman–Crippen LogP) is 4.47. The number of fused-ring (bicyclic) bond motifs is 1. The van der Waals surface area contributed by atoms with Crippen LogP contribution in [0.3, 0.4) is 0 Å². The first-order valence-electron chi connectivity index (χ1n) is 11.8. The molecule has 5 rings (SSSR count). The van der Waals surface area contributed by atoms with Crippen molar-refractivity contribution in [3.63, 3.8) is 0 Å². The fourth-order valence-electron chi connectivity index (χ4n) is 4.35. The number of nitrogens with zero attached hydrogens (tertiary/aromatic N) is 4. The molecule has 192 valence electrons. The van der Waals surface area contributed by atoms with Crippen molar-refractivity contribution in [3.8, 4) is 5.75 Å². The van der Waals surface area contributed by atoms with Crippen molar-refractivity contribution in [1.29, 1.82) is 0 Å². The van der Waals surface area contributed by atoms with Crippen molar-refractivity contribution in [3.05, 3.63) is 78.4 Å². The van der Waals surface area contributed by atoms with E-state index in [1.54, 1.807) is 18.2 Å². The number of sulfonamides is 1. The molecule has 0 spiro atoms. The minimum atomic E-state index is -3.76. The molecule has 11 heteroatoms. The number of pyridine rings is 1. The molecule has 37 heavy (non-hydrogen) atoms. The largest absolute Gasteiger partial charge is 0.497 e. The SMILES string of the molecule is COc1ccc2nc(N(Cc3ccccn3)C(=O)C3CCN(S(=O)(=O)c4ccc(F)cc4)CC3)sc2c1. The number of piperidine rings is 1. The van der Waals surface area contributed by atoms with Crippen molar-refractivity contribution in [2.45, 2.75) is 24.3 Å². The normalized spacial score (nSPS) is 15.1. The number of carbonyl (C=O) groups is 1. The number of thiazole rings is 1. The molecule has 0 radical (unpaired) electrons. The molecule has 2 aromatic carbocycles. The van der Waals surface area contributed by atoms with Crippen LogP contribution in [0.1, 0.15) is 18.5 Å². The molecule has 0 unspecified atom stereocenters. The summed E-state index contributed by atoms with van der Waals surface area (Å²) in [5, 5.41) is 0.556. The number of carbonyl (C=O) groups excluding carboxylic acids is 1. The Bertz CT molecular complexity index is 1500. The predicted molar refractivity (Wildman–Crippen MR) is 139 cm³/mol. The lowest BCUT2D eigenvalue weighted by Crippen LogP contribution is -2.44. The molecule has 0 N–H and O–H groups in total. The van der Waals surface area contributed by atoms with Crippen LogP contribution in [-0.4, -0.2) is 48.8 Å². The molecule has 3 heterocycles. The molecule has 1 saturated heterocycles. The minimum Gasteiger partial charge on any atom is -0.497 e. The zero-order chi connectivity index (χ0) is 26.0. The maximum absolute atomic E-state index is 13.8. The molecule has 1 aliphatic rings. The fourth-order valence-corrected chi connectivity index (χ4v) is 6.82. The van der Waals surface area contributed by atoms with Gasteiger partial charge >= 0.3 is 0 Å². The Morgan fingerprint density at radius 3 is 2.57 bits per heavy atom. The van der Waals surface area contributed by atoms with E-state index in [1.807, 2.05) is 36.4 Å². The van der Waals surface area contributed by atoms with E-state index in [0.29, 0.717) is 23.7 Å². The summed E-state index contributed by atoms with van der Waals surface area (Å²) >= 11 is 1.40. The second kappa shape index (κ2) is 10.5. The first kappa shape index (κ1) is 25.2. The Kier molecular flexibility index (Phi) is 7.18. The average Bonchev–Trinajstić information content (AvgIpc) is 3.35. The van der Waals surface area contributed by atoms with Gasteiger partial charge < -0.3 is 4.74 Å². The van der Waals surface area contributed by atoms with Gasteiger partial charge in [-0.3, -0.25) is 14.7 Å². The fraction of sp³-hybridized carbons (Fsp3) is 0.269. The van der Waals surface area contributed by atoms with Gasteiger partial charge in [0.1, 0.15) is 11.6 Å².